The van der Waals surface area contributed by atoms with Crippen molar-refractivity contribution in [2.75, 3.05) is 11.9 Å². The Hall–Kier alpha value is -2.56. The average molecular weight is 378 g/mol. The van der Waals surface area contributed by atoms with Crippen LogP contribution in [0, 0.1) is 10.1 Å². The summed E-state index contributed by atoms with van der Waals surface area (Å²) in [6.07, 6.45) is 0. The molecule has 0 saturated heterocycles. The Balaban J connectivity index is 1.95. The number of sulfonamides is 1. The van der Waals surface area contributed by atoms with Crippen LogP contribution in [-0.4, -0.2) is 25.4 Å². The molecule has 25 heavy (non-hydrogen) atoms. The van der Waals surface area contributed by atoms with E-state index < -0.39 is 14.9 Å². The molecular formula is C15H14N4O4S2. The van der Waals surface area contributed by atoms with Gasteiger partial charge in [-0.15, -0.1) is 11.3 Å². The van der Waals surface area contributed by atoms with E-state index in [1.807, 2.05) is 24.3 Å². The second-order valence-corrected chi connectivity index (χ2v) is 8.06. The van der Waals surface area contributed by atoms with Crippen LogP contribution >= 0.6 is 11.3 Å². The van der Waals surface area contributed by atoms with Crippen LogP contribution in [0.15, 0.2) is 47.4 Å². The number of para-hydroxylation sites is 1. The lowest BCUT2D eigenvalue weighted by atomic mass is 10.2. The average Bonchev–Trinajstić information content (AvgIpc) is 2.95. The van der Waals surface area contributed by atoms with E-state index in [4.69, 9.17) is 5.14 Å². The number of thiazole rings is 1. The van der Waals surface area contributed by atoms with Gasteiger partial charge in [0.2, 0.25) is 10.0 Å². The first kappa shape index (κ1) is 17.3. The number of aromatic nitrogens is 1. The Bertz CT molecular complexity index is 1030. The molecule has 0 unspecified atom stereocenters. The number of rotatable bonds is 5. The second-order valence-electron chi connectivity index (χ2n) is 5.38. The summed E-state index contributed by atoms with van der Waals surface area (Å²) >= 11 is 1.50. The summed E-state index contributed by atoms with van der Waals surface area (Å²) < 4.78 is 23.9. The van der Waals surface area contributed by atoms with Crippen molar-refractivity contribution in [3.8, 4) is 0 Å². The van der Waals surface area contributed by atoms with E-state index in [9.17, 15) is 18.5 Å². The fourth-order valence-corrected chi connectivity index (χ4v) is 3.98. The van der Waals surface area contributed by atoms with E-state index in [1.54, 1.807) is 11.9 Å². The van der Waals surface area contributed by atoms with Crippen LogP contribution in [0.2, 0.25) is 0 Å². The van der Waals surface area contributed by atoms with Gasteiger partial charge in [-0.25, -0.2) is 18.5 Å². The molecule has 10 heteroatoms. The molecule has 0 aliphatic carbocycles. The predicted octanol–water partition coefficient (Wildman–Crippen LogP) is 2.49. The molecule has 0 spiro atoms. The zero-order valence-electron chi connectivity index (χ0n) is 13.1. The van der Waals surface area contributed by atoms with Crippen molar-refractivity contribution in [2.24, 2.45) is 5.14 Å². The molecule has 2 aromatic carbocycles. The smallest absolute Gasteiger partial charge is 0.293 e. The summed E-state index contributed by atoms with van der Waals surface area (Å²) in [5, 5.41) is 17.2. The number of hydrogen-bond donors (Lipinski definition) is 1. The minimum Gasteiger partial charge on any atom is -0.362 e. The van der Waals surface area contributed by atoms with E-state index in [0.717, 1.165) is 21.3 Å². The third kappa shape index (κ3) is 3.60. The number of nitro groups is 1. The number of nitrogens with zero attached hydrogens (tertiary/aromatic N) is 3. The van der Waals surface area contributed by atoms with E-state index in [0.29, 0.717) is 6.54 Å². The molecule has 0 aliphatic heterocycles. The minimum atomic E-state index is -4.01. The summed E-state index contributed by atoms with van der Waals surface area (Å²) in [6, 6.07) is 11.3. The lowest BCUT2D eigenvalue weighted by molar-refractivity contribution is -0.384. The minimum absolute atomic E-state index is 0.289. The van der Waals surface area contributed by atoms with Gasteiger partial charge in [-0.2, -0.15) is 0 Å². The molecule has 0 radical (unpaired) electrons. The van der Waals surface area contributed by atoms with Crippen LogP contribution in [0.3, 0.4) is 0 Å². The highest BCUT2D eigenvalue weighted by Gasteiger charge is 2.22. The molecular weight excluding hydrogens is 364 g/mol. The van der Waals surface area contributed by atoms with Crippen LogP contribution in [-0.2, 0) is 16.6 Å². The fourth-order valence-electron chi connectivity index (χ4n) is 2.42. The summed E-state index contributed by atoms with van der Waals surface area (Å²) in [5.74, 6) is 0. The topological polar surface area (TPSA) is 119 Å². The largest absolute Gasteiger partial charge is 0.362 e. The van der Waals surface area contributed by atoms with E-state index in [-0.39, 0.29) is 16.3 Å². The summed E-state index contributed by atoms with van der Waals surface area (Å²) in [5.41, 5.74) is 0.835. The lowest BCUT2D eigenvalue weighted by Crippen LogP contribution is -2.18. The summed E-state index contributed by atoms with van der Waals surface area (Å²) in [6.45, 7) is 0.356. The Kier molecular flexibility index (Phi) is 4.41. The molecule has 0 saturated carbocycles. The molecule has 1 aromatic heterocycles. The first-order valence-corrected chi connectivity index (χ1v) is 9.49. The van der Waals surface area contributed by atoms with Crippen LogP contribution in [0.5, 0.6) is 0 Å². The van der Waals surface area contributed by atoms with Crippen molar-refractivity contribution in [2.45, 2.75) is 11.4 Å². The lowest BCUT2D eigenvalue weighted by Gasteiger charge is -2.18. The number of nitro benzene ring substituents is 1. The summed E-state index contributed by atoms with van der Waals surface area (Å²) in [4.78, 5) is 16.6. The molecule has 0 bridgehead atoms. The van der Waals surface area contributed by atoms with Crippen molar-refractivity contribution in [3.63, 3.8) is 0 Å². The highest BCUT2D eigenvalue weighted by atomic mass is 32.2. The van der Waals surface area contributed by atoms with E-state index in [1.165, 1.54) is 23.5 Å². The highest BCUT2D eigenvalue weighted by molar-refractivity contribution is 7.89. The number of hydrogen-bond acceptors (Lipinski definition) is 7. The Labute approximate surface area is 147 Å². The molecule has 0 amide bonds. The normalized spacial score (nSPS) is 11.6. The van der Waals surface area contributed by atoms with Crippen molar-refractivity contribution in [1.29, 1.82) is 0 Å². The molecule has 8 nitrogen and oxygen atoms in total. The van der Waals surface area contributed by atoms with Gasteiger partial charge in [-0.3, -0.25) is 10.1 Å². The number of benzene rings is 2. The molecule has 0 aliphatic rings. The van der Waals surface area contributed by atoms with Gasteiger partial charge in [0.15, 0.2) is 0 Å². The van der Waals surface area contributed by atoms with Crippen molar-refractivity contribution in [1.82, 2.24) is 4.98 Å². The van der Waals surface area contributed by atoms with Gasteiger partial charge in [-0.05, 0) is 24.3 Å². The van der Waals surface area contributed by atoms with Gasteiger partial charge < -0.3 is 4.90 Å². The predicted molar refractivity (Wildman–Crippen MR) is 96.2 cm³/mol. The number of fused-ring (bicyclic) bond motifs is 1. The highest BCUT2D eigenvalue weighted by Crippen LogP contribution is 2.31. The maximum Gasteiger partial charge on any atom is 0.293 e. The van der Waals surface area contributed by atoms with Gasteiger partial charge in [0, 0.05) is 13.1 Å². The van der Waals surface area contributed by atoms with Gasteiger partial charge in [0.25, 0.3) is 5.69 Å². The number of nitrogens with two attached hydrogens (primary N) is 1. The SMILES string of the molecule is CN(Cc1nc2ccccc2s1)c1ccc(S(N)(=O)=O)cc1[N+](=O)[O-]. The fraction of sp³-hybridized carbons (Fsp3) is 0.133. The molecule has 0 fully saturated rings. The zero-order chi connectivity index (χ0) is 18.2. The Morgan fingerprint density at radius 3 is 2.64 bits per heavy atom. The first-order chi connectivity index (χ1) is 11.8. The molecule has 1 heterocycles. The van der Waals surface area contributed by atoms with Gasteiger partial charge in [-0.1, -0.05) is 12.1 Å². The van der Waals surface area contributed by atoms with Crippen LogP contribution < -0.4 is 10.0 Å². The van der Waals surface area contributed by atoms with Gasteiger partial charge in [0.1, 0.15) is 10.7 Å². The molecule has 3 aromatic rings. The Morgan fingerprint density at radius 2 is 2.00 bits per heavy atom. The zero-order valence-corrected chi connectivity index (χ0v) is 14.8. The standard InChI is InChI=1S/C15H14N4O4S2/c1-18(9-15-17-11-4-2-3-5-14(11)24-15)12-7-6-10(25(16,22)23)8-13(12)19(20)21/h2-8H,9H2,1H3,(H2,16,22,23). The summed E-state index contributed by atoms with van der Waals surface area (Å²) in [7, 11) is -2.33. The monoisotopic (exact) mass is 378 g/mol. The number of primary sulfonamides is 1. The Morgan fingerprint density at radius 1 is 1.28 bits per heavy atom. The maximum atomic E-state index is 11.4. The third-order valence-corrected chi connectivity index (χ3v) is 5.53. The maximum absolute atomic E-state index is 11.4. The van der Waals surface area contributed by atoms with Crippen LogP contribution in [0.25, 0.3) is 10.2 Å². The van der Waals surface area contributed by atoms with Gasteiger partial charge in [0.05, 0.1) is 26.6 Å². The second kappa shape index (κ2) is 6.39. The van der Waals surface area contributed by atoms with Crippen LogP contribution in [0.4, 0.5) is 11.4 Å². The quantitative estimate of drug-likeness (QED) is 0.538. The molecule has 130 valence electrons. The van der Waals surface area contributed by atoms with E-state index >= 15 is 0 Å². The molecule has 2 N–H and O–H groups in total. The van der Waals surface area contributed by atoms with Gasteiger partial charge >= 0.3 is 0 Å². The molecule has 3 rings (SSSR count). The number of anilines is 1. The van der Waals surface area contributed by atoms with Crippen LogP contribution in [0.1, 0.15) is 5.01 Å². The van der Waals surface area contributed by atoms with E-state index in [2.05, 4.69) is 4.98 Å². The van der Waals surface area contributed by atoms with Crippen molar-refractivity contribution >= 4 is 43.0 Å². The van der Waals surface area contributed by atoms with Crippen molar-refractivity contribution < 1.29 is 13.3 Å². The third-order valence-electron chi connectivity index (χ3n) is 3.59. The molecule has 0 atom stereocenters. The van der Waals surface area contributed by atoms with Crippen molar-refractivity contribution in [3.05, 3.63) is 57.6 Å². The first-order valence-electron chi connectivity index (χ1n) is 7.12.